The normalized spacial score (nSPS) is 25.9. The van der Waals surface area contributed by atoms with Gasteiger partial charge in [-0.3, -0.25) is 0 Å². The summed E-state index contributed by atoms with van der Waals surface area (Å²) < 4.78 is 0. The lowest BCUT2D eigenvalue weighted by Gasteiger charge is -2.27. The second-order valence-electron chi connectivity index (χ2n) is 7.69. The fourth-order valence-electron chi connectivity index (χ4n) is 3.78. The summed E-state index contributed by atoms with van der Waals surface area (Å²) in [7, 11) is 0. The molecule has 1 saturated carbocycles. The van der Waals surface area contributed by atoms with E-state index in [1.807, 2.05) is 0 Å². The minimum absolute atomic E-state index is 0.615. The van der Waals surface area contributed by atoms with Gasteiger partial charge in [-0.05, 0) is 30.1 Å². The van der Waals surface area contributed by atoms with E-state index in [4.69, 9.17) is 0 Å². The van der Waals surface area contributed by atoms with Crippen LogP contribution in [0.1, 0.15) is 105 Å². The number of hydrogen-bond donors (Lipinski definition) is 0. The van der Waals surface area contributed by atoms with Crippen LogP contribution < -0.4 is 0 Å². The van der Waals surface area contributed by atoms with Gasteiger partial charge in [-0.25, -0.2) is 0 Å². The van der Waals surface area contributed by atoms with Crippen molar-refractivity contribution >= 4 is 0 Å². The molecule has 0 N–H and O–H groups in total. The molecule has 0 radical (unpaired) electrons. The highest BCUT2D eigenvalue weighted by Gasteiger charge is 2.37. The first-order chi connectivity index (χ1) is 9.08. The average Bonchev–Trinajstić information content (AvgIpc) is 2.63. The zero-order valence-electron chi connectivity index (χ0n) is 14.1. The van der Waals surface area contributed by atoms with Crippen molar-refractivity contribution in [3.8, 4) is 0 Å². The van der Waals surface area contributed by atoms with Crippen molar-refractivity contribution in [2.75, 3.05) is 0 Å². The molecule has 0 heterocycles. The Morgan fingerprint density at radius 3 is 1.84 bits per heavy atom. The van der Waals surface area contributed by atoms with E-state index < -0.39 is 0 Å². The third-order valence-electron chi connectivity index (χ3n) is 5.78. The first kappa shape index (κ1) is 17.1. The van der Waals surface area contributed by atoms with E-state index in [1.54, 1.807) is 0 Å². The van der Waals surface area contributed by atoms with Gasteiger partial charge >= 0.3 is 0 Å². The molecule has 0 aromatic carbocycles. The predicted octanol–water partition coefficient (Wildman–Crippen LogP) is 6.98. The molecule has 0 amide bonds. The van der Waals surface area contributed by atoms with Gasteiger partial charge < -0.3 is 0 Å². The Balaban J connectivity index is 1.92. The van der Waals surface area contributed by atoms with Gasteiger partial charge in [0, 0.05) is 0 Å². The van der Waals surface area contributed by atoms with E-state index in [0.717, 1.165) is 11.8 Å². The maximum Gasteiger partial charge on any atom is -0.0326 e. The van der Waals surface area contributed by atoms with Crippen LogP contribution in [0.15, 0.2) is 0 Å². The standard InChI is InChI=1S/C19H38/c1-5-6-7-8-9-10-11-12-13-14-18-15-16-19(3,4)17(18)2/h17-18H,5-16H2,1-4H3. The summed E-state index contributed by atoms with van der Waals surface area (Å²) in [6.45, 7) is 9.72. The monoisotopic (exact) mass is 266 g/mol. The smallest absolute Gasteiger partial charge is 0.0326 e. The summed E-state index contributed by atoms with van der Waals surface area (Å²) in [5, 5.41) is 0. The summed E-state index contributed by atoms with van der Waals surface area (Å²) in [6.07, 6.45) is 17.6. The van der Waals surface area contributed by atoms with E-state index in [1.165, 1.54) is 77.0 Å². The zero-order chi connectivity index (χ0) is 14.1. The summed E-state index contributed by atoms with van der Waals surface area (Å²) in [6, 6.07) is 0. The largest absolute Gasteiger partial charge is 0.0654 e. The SMILES string of the molecule is CCCCCCCCCCCC1CCC(C)(C)C1C. The van der Waals surface area contributed by atoms with E-state index >= 15 is 0 Å². The maximum atomic E-state index is 2.49. The highest BCUT2D eigenvalue weighted by atomic mass is 14.4. The highest BCUT2D eigenvalue weighted by molar-refractivity contribution is 4.88. The molecule has 0 bridgehead atoms. The van der Waals surface area contributed by atoms with Crippen LogP contribution in [-0.4, -0.2) is 0 Å². The van der Waals surface area contributed by atoms with Crippen LogP contribution in [0.25, 0.3) is 0 Å². The van der Waals surface area contributed by atoms with Crippen molar-refractivity contribution in [2.24, 2.45) is 17.3 Å². The van der Waals surface area contributed by atoms with E-state index in [-0.39, 0.29) is 0 Å². The van der Waals surface area contributed by atoms with Crippen molar-refractivity contribution in [3.05, 3.63) is 0 Å². The number of unbranched alkanes of at least 4 members (excludes halogenated alkanes) is 8. The number of rotatable bonds is 10. The summed E-state index contributed by atoms with van der Waals surface area (Å²) in [5.41, 5.74) is 0.615. The molecule has 0 aromatic rings. The lowest BCUT2D eigenvalue weighted by molar-refractivity contribution is 0.229. The van der Waals surface area contributed by atoms with E-state index in [9.17, 15) is 0 Å². The quantitative estimate of drug-likeness (QED) is 0.374. The highest BCUT2D eigenvalue weighted by Crippen LogP contribution is 2.47. The minimum Gasteiger partial charge on any atom is -0.0654 e. The minimum atomic E-state index is 0.615. The Kier molecular flexibility index (Phi) is 8.11. The van der Waals surface area contributed by atoms with Crippen molar-refractivity contribution in [3.63, 3.8) is 0 Å². The molecule has 0 nitrogen and oxygen atoms in total. The van der Waals surface area contributed by atoms with Gasteiger partial charge in [-0.2, -0.15) is 0 Å². The van der Waals surface area contributed by atoms with Crippen LogP contribution in [-0.2, 0) is 0 Å². The van der Waals surface area contributed by atoms with Crippen LogP contribution >= 0.6 is 0 Å². The molecule has 114 valence electrons. The van der Waals surface area contributed by atoms with Gasteiger partial charge in [0.25, 0.3) is 0 Å². The lowest BCUT2D eigenvalue weighted by atomic mass is 9.79. The van der Waals surface area contributed by atoms with Crippen molar-refractivity contribution in [2.45, 2.75) is 105 Å². The zero-order valence-corrected chi connectivity index (χ0v) is 14.1. The average molecular weight is 267 g/mol. The fraction of sp³-hybridized carbons (Fsp3) is 1.00. The molecule has 1 fully saturated rings. The maximum absolute atomic E-state index is 2.49. The Hall–Kier alpha value is 0. The lowest BCUT2D eigenvalue weighted by Crippen LogP contribution is -2.18. The molecule has 2 atom stereocenters. The van der Waals surface area contributed by atoms with Crippen molar-refractivity contribution in [1.29, 1.82) is 0 Å². The first-order valence-electron chi connectivity index (χ1n) is 9.08. The topological polar surface area (TPSA) is 0 Å². The molecular weight excluding hydrogens is 228 g/mol. The number of hydrogen-bond acceptors (Lipinski definition) is 0. The first-order valence-corrected chi connectivity index (χ1v) is 9.08. The van der Waals surface area contributed by atoms with Crippen LogP contribution in [0.2, 0.25) is 0 Å². The Bertz CT molecular complexity index is 216. The van der Waals surface area contributed by atoms with Gasteiger partial charge in [-0.15, -0.1) is 0 Å². The molecule has 0 aromatic heterocycles. The van der Waals surface area contributed by atoms with E-state index in [2.05, 4.69) is 27.7 Å². The Morgan fingerprint density at radius 2 is 1.37 bits per heavy atom. The molecule has 0 aliphatic heterocycles. The summed E-state index contributed by atoms with van der Waals surface area (Å²) >= 11 is 0. The molecular formula is C19H38. The van der Waals surface area contributed by atoms with Crippen LogP contribution in [0.5, 0.6) is 0 Å². The van der Waals surface area contributed by atoms with Crippen molar-refractivity contribution < 1.29 is 0 Å². The Morgan fingerprint density at radius 1 is 0.842 bits per heavy atom. The second kappa shape index (κ2) is 9.03. The van der Waals surface area contributed by atoms with Crippen LogP contribution in [0.4, 0.5) is 0 Å². The molecule has 0 saturated heterocycles. The molecule has 19 heavy (non-hydrogen) atoms. The molecule has 0 spiro atoms. The van der Waals surface area contributed by atoms with Gasteiger partial charge in [-0.1, -0.05) is 91.9 Å². The second-order valence-corrected chi connectivity index (χ2v) is 7.69. The van der Waals surface area contributed by atoms with Gasteiger partial charge in [0.1, 0.15) is 0 Å². The molecule has 0 heteroatoms. The third-order valence-corrected chi connectivity index (χ3v) is 5.78. The fourth-order valence-corrected chi connectivity index (χ4v) is 3.78. The summed E-state index contributed by atoms with van der Waals surface area (Å²) in [5.74, 6) is 1.97. The van der Waals surface area contributed by atoms with Crippen molar-refractivity contribution in [1.82, 2.24) is 0 Å². The third kappa shape index (κ3) is 6.32. The molecule has 1 rings (SSSR count). The summed E-state index contributed by atoms with van der Waals surface area (Å²) in [4.78, 5) is 0. The van der Waals surface area contributed by atoms with Crippen LogP contribution in [0, 0.1) is 17.3 Å². The van der Waals surface area contributed by atoms with Gasteiger partial charge in [0.05, 0.1) is 0 Å². The predicted molar refractivity (Wildman–Crippen MR) is 87.5 cm³/mol. The van der Waals surface area contributed by atoms with Crippen LogP contribution in [0.3, 0.4) is 0 Å². The van der Waals surface area contributed by atoms with Gasteiger partial charge in [0.2, 0.25) is 0 Å². The van der Waals surface area contributed by atoms with E-state index in [0.29, 0.717) is 5.41 Å². The Labute approximate surface area is 122 Å². The van der Waals surface area contributed by atoms with Gasteiger partial charge in [0.15, 0.2) is 0 Å². The molecule has 1 aliphatic carbocycles. The molecule has 1 aliphatic rings. The molecule has 2 unspecified atom stereocenters.